The number of benzene rings is 1. The van der Waals surface area contributed by atoms with Gasteiger partial charge in [-0.1, -0.05) is 12.1 Å². The SMILES string of the molecule is C[C@H](OC(=O)c1ccc[nH]1)C(=O)NCCc1ccc(F)cc1. The lowest BCUT2D eigenvalue weighted by molar-refractivity contribution is -0.129. The number of carbonyl (C=O) groups is 2. The molecule has 0 aliphatic rings. The molecule has 1 heterocycles. The van der Waals surface area contributed by atoms with Crippen LogP contribution < -0.4 is 5.32 Å². The fourth-order valence-corrected chi connectivity index (χ4v) is 1.86. The number of nitrogens with one attached hydrogen (secondary N) is 2. The number of hydrogen-bond acceptors (Lipinski definition) is 3. The molecule has 0 aliphatic carbocycles. The summed E-state index contributed by atoms with van der Waals surface area (Å²) in [5.41, 5.74) is 1.21. The van der Waals surface area contributed by atoms with Crippen molar-refractivity contribution in [2.45, 2.75) is 19.4 Å². The molecule has 1 amide bonds. The van der Waals surface area contributed by atoms with Crippen LogP contribution in [0.2, 0.25) is 0 Å². The minimum absolute atomic E-state index is 0.294. The number of aromatic nitrogens is 1. The summed E-state index contributed by atoms with van der Waals surface area (Å²) in [7, 11) is 0. The van der Waals surface area contributed by atoms with E-state index in [0.29, 0.717) is 18.7 Å². The van der Waals surface area contributed by atoms with Crippen LogP contribution in [0.15, 0.2) is 42.6 Å². The van der Waals surface area contributed by atoms with Crippen molar-refractivity contribution in [3.05, 3.63) is 59.7 Å². The normalized spacial score (nSPS) is 11.7. The van der Waals surface area contributed by atoms with Crippen molar-refractivity contribution in [3.63, 3.8) is 0 Å². The van der Waals surface area contributed by atoms with Crippen LogP contribution >= 0.6 is 0 Å². The molecule has 0 saturated carbocycles. The fraction of sp³-hybridized carbons (Fsp3) is 0.250. The lowest BCUT2D eigenvalue weighted by Crippen LogP contribution is -2.36. The van der Waals surface area contributed by atoms with Crippen LogP contribution in [-0.4, -0.2) is 29.5 Å². The molecular weight excluding hydrogens is 287 g/mol. The first-order chi connectivity index (χ1) is 10.6. The van der Waals surface area contributed by atoms with Gasteiger partial charge < -0.3 is 15.0 Å². The van der Waals surface area contributed by atoms with Gasteiger partial charge >= 0.3 is 5.97 Å². The smallest absolute Gasteiger partial charge is 0.355 e. The van der Waals surface area contributed by atoms with Crippen LogP contribution in [-0.2, 0) is 16.0 Å². The third kappa shape index (κ3) is 4.44. The number of carbonyl (C=O) groups excluding carboxylic acids is 2. The van der Waals surface area contributed by atoms with Crippen molar-refractivity contribution < 1.29 is 18.7 Å². The monoisotopic (exact) mass is 304 g/mol. The first-order valence-electron chi connectivity index (χ1n) is 6.93. The summed E-state index contributed by atoms with van der Waals surface area (Å²) in [5.74, 6) is -1.24. The molecule has 0 fully saturated rings. The number of ether oxygens (including phenoxy) is 1. The second kappa shape index (κ2) is 7.40. The van der Waals surface area contributed by atoms with E-state index in [1.165, 1.54) is 19.1 Å². The number of H-pyrrole nitrogens is 1. The fourth-order valence-electron chi connectivity index (χ4n) is 1.86. The average Bonchev–Trinajstić information content (AvgIpc) is 3.03. The Bertz CT molecular complexity index is 623. The maximum absolute atomic E-state index is 12.8. The quantitative estimate of drug-likeness (QED) is 0.802. The second-order valence-electron chi connectivity index (χ2n) is 4.80. The molecule has 0 bridgehead atoms. The molecule has 5 nitrogen and oxygen atoms in total. The van der Waals surface area contributed by atoms with E-state index >= 15 is 0 Å². The molecule has 116 valence electrons. The van der Waals surface area contributed by atoms with Gasteiger partial charge in [-0.2, -0.15) is 0 Å². The highest BCUT2D eigenvalue weighted by Crippen LogP contribution is 2.04. The predicted octanol–water partition coefficient (Wildman–Crippen LogP) is 2.06. The highest BCUT2D eigenvalue weighted by atomic mass is 19.1. The summed E-state index contributed by atoms with van der Waals surface area (Å²) >= 11 is 0. The first-order valence-corrected chi connectivity index (χ1v) is 6.93. The van der Waals surface area contributed by atoms with Crippen LogP contribution in [0, 0.1) is 5.82 Å². The van der Waals surface area contributed by atoms with Crippen molar-refractivity contribution in [1.82, 2.24) is 10.3 Å². The lowest BCUT2D eigenvalue weighted by atomic mass is 10.1. The standard InChI is InChI=1S/C16H17FN2O3/c1-11(22-16(21)14-3-2-9-18-14)15(20)19-10-8-12-4-6-13(17)7-5-12/h2-7,9,11,18H,8,10H2,1H3,(H,19,20)/t11-/m0/s1. The largest absolute Gasteiger partial charge is 0.448 e. The van der Waals surface area contributed by atoms with E-state index in [2.05, 4.69) is 10.3 Å². The Labute approximate surface area is 127 Å². The molecule has 1 atom stereocenters. The molecule has 0 saturated heterocycles. The number of esters is 1. The van der Waals surface area contributed by atoms with Crippen molar-refractivity contribution >= 4 is 11.9 Å². The van der Waals surface area contributed by atoms with Crippen LogP contribution in [0.3, 0.4) is 0 Å². The second-order valence-corrected chi connectivity index (χ2v) is 4.80. The van der Waals surface area contributed by atoms with E-state index in [-0.39, 0.29) is 11.7 Å². The molecular formula is C16H17FN2O3. The Morgan fingerprint density at radius 2 is 2.00 bits per heavy atom. The number of hydrogen-bond donors (Lipinski definition) is 2. The van der Waals surface area contributed by atoms with Crippen molar-refractivity contribution in [2.24, 2.45) is 0 Å². The van der Waals surface area contributed by atoms with Crippen molar-refractivity contribution in [1.29, 1.82) is 0 Å². The number of aromatic amines is 1. The van der Waals surface area contributed by atoms with Crippen molar-refractivity contribution in [3.8, 4) is 0 Å². The molecule has 0 aliphatic heterocycles. The van der Waals surface area contributed by atoms with Gasteiger partial charge in [0.2, 0.25) is 0 Å². The molecule has 2 rings (SSSR count). The van der Waals surface area contributed by atoms with E-state index in [1.54, 1.807) is 30.5 Å². The van der Waals surface area contributed by atoms with E-state index in [1.807, 2.05) is 0 Å². The summed E-state index contributed by atoms with van der Waals surface area (Å²) < 4.78 is 17.8. The molecule has 0 unspecified atom stereocenters. The Kier molecular flexibility index (Phi) is 5.30. The van der Waals surface area contributed by atoms with Crippen LogP contribution in [0.25, 0.3) is 0 Å². The van der Waals surface area contributed by atoms with E-state index < -0.39 is 12.1 Å². The molecule has 0 spiro atoms. The number of rotatable bonds is 6. The summed E-state index contributed by atoms with van der Waals surface area (Å²) in [6.07, 6.45) is 1.29. The lowest BCUT2D eigenvalue weighted by Gasteiger charge is -2.13. The van der Waals surface area contributed by atoms with Crippen LogP contribution in [0.4, 0.5) is 4.39 Å². The first kappa shape index (κ1) is 15.8. The van der Waals surface area contributed by atoms with Gasteiger partial charge in [0, 0.05) is 12.7 Å². The molecule has 2 N–H and O–H groups in total. The minimum atomic E-state index is -0.885. The van der Waals surface area contributed by atoms with Gasteiger partial charge in [-0.15, -0.1) is 0 Å². The summed E-state index contributed by atoms with van der Waals surface area (Å²) in [6, 6.07) is 9.31. The van der Waals surface area contributed by atoms with E-state index in [9.17, 15) is 14.0 Å². The maximum Gasteiger partial charge on any atom is 0.355 e. The van der Waals surface area contributed by atoms with Gasteiger partial charge in [0.1, 0.15) is 11.5 Å². The van der Waals surface area contributed by atoms with Gasteiger partial charge in [-0.25, -0.2) is 9.18 Å². The molecule has 22 heavy (non-hydrogen) atoms. The van der Waals surface area contributed by atoms with Crippen LogP contribution in [0.1, 0.15) is 23.0 Å². The molecule has 1 aromatic heterocycles. The number of halogens is 1. The molecule has 1 aromatic carbocycles. The Balaban J connectivity index is 1.74. The maximum atomic E-state index is 12.8. The molecule has 0 radical (unpaired) electrons. The Morgan fingerprint density at radius 3 is 2.64 bits per heavy atom. The summed E-state index contributed by atoms with van der Waals surface area (Å²) in [4.78, 5) is 26.2. The minimum Gasteiger partial charge on any atom is -0.448 e. The number of amides is 1. The average molecular weight is 304 g/mol. The summed E-state index contributed by atoms with van der Waals surface area (Å²) in [6.45, 7) is 1.89. The third-order valence-electron chi connectivity index (χ3n) is 3.10. The van der Waals surface area contributed by atoms with Gasteiger partial charge in [-0.05, 0) is 43.2 Å². The predicted molar refractivity (Wildman–Crippen MR) is 78.8 cm³/mol. The van der Waals surface area contributed by atoms with Gasteiger partial charge in [0.15, 0.2) is 6.10 Å². The van der Waals surface area contributed by atoms with Gasteiger partial charge in [0.05, 0.1) is 0 Å². The zero-order chi connectivity index (χ0) is 15.9. The highest BCUT2D eigenvalue weighted by Gasteiger charge is 2.18. The Hall–Kier alpha value is -2.63. The zero-order valence-corrected chi connectivity index (χ0v) is 12.1. The Morgan fingerprint density at radius 1 is 1.27 bits per heavy atom. The zero-order valence-electron chi connectivity index (χ0n) is 12.1. The molecule has 2 aromatic rings. The van der Waals surface area contributed by atoms with E-state index in [0.717, 1.165) is 5.56 Å². The molecule has 6 heteroatoms. The van der Waals surface area contributed by atoms with Gasteiger partial charge in [0.25, 0.3) is 5.91 Å². The van der Waals surface area contributed by atoms with Crippen LogP contribution in [0.5, 0.6) is 0 Å². The third-order valence-corrected chi connectivity index (χ3v) is 3.10. The van der Waals surface area contributed by atoms with E-state index in [4.69, 9.17) is 4.74 Å². The highest BCUT2D eigenvalue weighted by molar-refractivity contribution is 5.90. The summed E-state index contributed by atoms with van der Waals surface area (Å²) in [5, 5.41) is 2.68. The van der Waals surface area contributed by atoms with Gasteiger partial charge in [-0.3, -0.25) is 4.79 Å². The van der Waals surface area contributed by atoms with Crippen molar-refractivity contribution in [2.75, 3.05) is 6.54 Å². The topological polar surface area (TPSA) is 71.2 Å².